The molecule has 6 nitrogen and oxygen atoms in total. The average molecular weight is 352 g/mol. The predicted molar refractivity (Wildman–Crippen MR) is 91.9 cm³/mol. The number of hydrogen-bond acceptors (Lipinski definition) is 3. The van der Waals surface area contributed by atoms with Crippen LogP contribution in [0.3, 0.4) is 0 Å². The first-order valence-corrected chi connectivity index (χ1v) is 8.38. The predicted octanol–water partition coefficient (Wildman–Crippen LogP) is 1.55. The Labute approximate surface area is 146 Å². The lowest BCUT2D eigenvalue weighted by Gasteiger charge is -2.24. The topological polar surface area (TPSA) is 87.3 Å². The van der Waals surface area contributed by atoms with E-state index in [2.05, 4.69) is 16.0 Å². The molecule has 0 unspecified atom stereocenters. The van der Waals surface area contributed by atoms with Crippen LogP contribution < -0.4 is 16.0 Å². The van der Waals surface area contributed by atoms with E-state index in [1.165, 1.54) is 0 Å². The molecule has 0 bridgehead atoms. The Balaban J connectivity index is 1.82. The van der Waals surface area contributed by atoms with Crippen molar-refractivity contribution < 1.29 is 14.4 Å². The number of hydrogen-bond donors (Lipinski definition) is 3. The van der Waals surface area contributed by atoms with Crippen LogP contribution in [0.4, 0.5) is 0 Å². The first-order valence-electron chi connectivity index (χ1n) is 8.01. The molecule has 0 radical (unpaired) electrons. The van der Waals surface area contributed by atoms with E-state index >= 15 is 0 Å². The van der Waals surface area contributed by atoms with Crippen LogP contribution >= 0.6 is 11.6 Å². The molecule has 1 aromatic rings. The molecule has 2 rings (SSSR count). The van der Waals surface area contributed by atoms with Gasteiger partial charge < -0.3 is 16.0 Å². The van der Waals surface area contributed by atoms with Gasteiger partial charge in [0.1, 0.15) is 6.04 Å². The number of piperidine rings is 1. The van der Waals surface area contributed by atoms with Crippen LogP contribution in [0, 0.1) is 6.92 Å². The standard InChI is InChI=1S/C17H22ClN3O3/c1-10-8-12(18)6-7-13(10)16(23)19-9-11(2)20-17(24)14-4-3-5-15(22)21-14/h6-8,11,14H,3-5,9H2,1-2H3,(H,19,23)(H,20,24)(H,21,22)/t11-,14-/m1/s1. The minimum atomic E-state index is -0.483. The van der Waals surface area contributed by atoms with E-state index in [0.717, 1.165) is 5.56 Å². The van der Waals surface area contributed by atoms with Crippen LogP contribution in [0.2, 0.25) is 5.02 Å². The minimum absolute atomic E-state index is 0.0967. The maximum Gasteiger partial charge on any atom is 0.251 e. The average Bonchev–Trinajstić information content (AvgIpc) is 2.52. The number of halogens is 1. The van der Waals surface area contributed by atoms with Gasteiger partial charge in [-0.2, -0.15) is 0 Å². The highest BCUT2D eigenvalue weighted by atomic mass is 35.5. The summed E-state index contributed by atoms with van der Waals surface area (Å²) in [5.41, 5.74) is 1.35. The Morgan fingerprint density at radius 1 is 1.42 bits per heavy atom. The number of rotatable bonds is 5. The molecule has 7 heteroatoms. The quantitative estimate of drug-likeness (QED) is 0.752. The zero-order chi connectivity index (χ0) is 17.7. The summed E-state index contributed by atoms with van der Waals surface area (Å²) in [5.74, 6) is -0.524. The summed E-state index contributed by atoms with van der Waals surface area (Å²) >= 11 is 5.88. The number of carbonyl (C=O) groups excluding carboxylic acids is 3. The second-order valence-corrected chi connectivity index (χ2v) is 6.53. The van der Waals surface area contributed by atoms with Gasteiger partial charge in [-0.05, 0) is 50.5 Å². The van der Waals surface area contributed by atoms with Gasteiger partial charge in [-0.15, -0.1) is 0 Å². The van der Waals surface area contributed by atoms with Crippen LogP contribution in [0.5, 0.6) is 0 Å². The van der Waals surface area contributed by atoms with E-state index in [4.69, 9.17) is 11.6 Å². The summed E-state index contributed by atoms with van der Waals surface area (Å²) in [6.45, 7) is 3.92. The van der Waals surface area contributed by atoms with Crippen LogP contribution in [-0.4, -0.2) is 36.3 Å². The maximum absolute atomic E-state index is 12.2. The summed E-state index contributed by atoms with van der Waals surface area (Å²) in [6, 6.07) is 4.34. The van der Waals surface area contributed by atoms with Gasteiger partial charge in [0.2, 0.25) is 11.8 Å². The molecular formula is C17H22ClN3O3. The smallest absolute Gasteiger partial charge is 0.251 e. The van der Waals surface area contributed by atoms with Gasteiger partial charge in [0.05, 0.1) is 0 Å². The van der Waals surface area contributed by atoms with Crippen LogP contribution in [0.1, 0.15) is 42.1 Å². The number of amides is 3. The Morgan fingerprint density at radius 3 is 2.83 bits per heavy atom. The van der Waals surface area contributed by atoms with E-state index in [1.54, 1.807) is 25.1 Å². The van der Waals surface area contributed by atoms with E-state index < -0.39 is 6.04 Å². The monoisotopic (exact) mass is 351 g/mol. The lowest BCUT2D eigenvalue weighted by Crippen LogP contribution is -2.52. The Kier molecular flexibility index (Phi) is 6.20. The van der Waals surface area contributed by atoms with Crippen LogP contribution in [-0.2, 0) is 9.59 Å². The van der Waals surface area contributed by atoms with Gasteiger partial charge in [0, 0.05) is 29.6 Å². The Morgan fingerprint density at radius 2 is 2.17 bits per heavy atom. The maximum atomic E-state index is 12.2. The SMILES string of the molecule is Cc1cc(Cl)ccc1C(=O)NC[C@@H](C)NC(=O)[C@H]1CCCC(=O)N1. The van der Waals surface area contributed by atoms with E-state index in [0.29, 0.717) is 36.4 Å². The lowest BCUT2D eigenvalue weighted by molar-refractivity contribution is -0.131. The van der Waals surface area contributed by atoms with Gasteiger partial charge in [0.25, 0.3) is 5.91 Å². The fourth-order valence-corrected chi connectivity index (χ4v) is 2.85. The molecule has 1 fully saturated rings. The second kappa shape index (κ2) is 8.15. The fraction of sp³-hybridized carbons (Fsp3) is 0.471. The minimum Gasteiger partial charge on any atom is -0.350 e. The summed E-state index contributed by atoms with van der Waals surface area (Å²) in [6.07, 6.45) is 1.82. The van der Waals surface area contributed by atoms with Crippen molar-refractivity contribution in [2.45, 2.75) is 45.2 Å². The van der Waals surface area contributed by atoms with E-state index in [9.17, 15) is 14.4 Å². The van der Waals surface area contributed by atoms with E-state index in [1.807, 2.05) is 6.92 Å². The molecule has 0 aromatic heterocycles. The number of aryl methyl sites for hydroxylation is 1. The van der Waals surface area contributed by atoms with Gasteiger partial charge >= 0.3 is 0 Å². The first kappa shape index (κ1) is 18.3. The van der Waals surface area contributed by atoms with Crippen molar-refractivity contribution in [1.82, 2.24) is 16.0 Å². The van der Waals surface area contributed by atoms with Gasteiger partial charge in [-0.1, -0.05) is 11.6 Å². The zero-order valence-electron chi connectivity index (χ0n) is 13.8. The largest absolute Gasteiger partial charge is 0.350 e. The first-order chi connectivity index (χ1) is 11.4. The molecule has 130 valence electrons. The van der Waals surface area contributed by atoms with Crippen LogP contribution in [0.15, 0.2) is 18.2 Å². The Hall–Kier alpha value is -2.08. The fourth-order valence-electron chi connectivity index (χ4n) is 2.62. The van der Waals surface area contributed by atoms with Crippen molar-refractivity contribution in [2.75, 3.05) is 6.54 Å². The molecule has 1 aromatic carbocycles. The number of benzene rings is 1. The van der Waals surface area contributed by atoms with Crippen molar-refractivity contribution in [3.63, 3.8) is 0 Å². The summed E-state index contributed by atoms with van der Waals surface area (Å²) < 4.78 is 0. The van der Waals surface area contributed by atoms with Crippen molar-refractivity contribution in [3.8, 4) is 0 Å². The van der Waals surface area contributed by atoms with Crippen molar-refractivity contribution in [3.05, 3.63) is 34.3 Å². The lowest BCUT2D eigenvalue weighted by atomic mass is 10.0. The molecule has 1 aliphatic heterocycles. The number of carbonyl (C=O) groups is 3. The number of nitrogens with one attached hydrogen (secondary N) is 3. The third-order valence-corrected chi connectivity index (χ3v) is 4.17. The van der Waals surface area contributed by atoms with Crippen LogP contribution in [0.25, 0.3) is 0 Å². The van der Waals surface area contributed by atoms with Crippen molar-refractivity contribution in [1.29, 1.82) is 0 Å². The summed E-state index contributed by atoms with van der Waals surface area (Å²) in [7, 11) is 0. The third-order valence-electron chi connectivity index (χ3n) is 3.94. The molecule has 1 heterocycles. The van der Waals surface area contributed by atoms with Gasteiger partial charge in [-0.3, -0.25) is 14.4 Å². The molecule has 0 spiro atoms. The van der Waals surface area contributed by atoms with Crippen molar-refractivity contribution in [2.24, 2.45) is 0 Å². The molecule has 3 amide bonds. The molecular weight excluding hydrogens is 330 g/mol. The third kappa shape index (κ3) is 4.96. The highest BCUT2D eigenvalue weighted by molar-refractivity contribution is 6.30. The van der Waals surface area contributed by atoms with Gasteiger partial charge in [-0.25, -0.2) is 0 Å². The molecule has 0 aliphatic carbocycles. The Bertz CT molecular complexity index is 648. The molecule has 1 aliphatic rings. The normalized spacial score (nSPS) is 18.5. The van der Waals surface area contributed by atoms with Gasteiger partial charge in [0.15, 0.2) is 0 Å². The summed E-state index contributed by atoms with van der Waals surface area (Å²) in [5, 5.41) is 8.86. The molecule has 0 saturated carbocycles. The molecule has 3 N–H and O–H groups in total. The van der Waals surface area contributed by atoms with Crippen molar-refractivity contribution >= 4 is 29.3 Å². The molecule has 1 saturated heterocycles. The molecule has 24 heavy (non-hydrogen) atoms. The van der Waals surface area contributed by atoms with E-state index in [-0.39, 0.29) is 23.8 Å². The second-order valence-electron chi connectivity index (χ2n) is 6.09. The zero-order valence-corrected chi connectivity index (χ0v) is 14.6. The highest BCUT2D eigenvalue weighted by Crippen LogP contribution is 2.15. The molecule has 2 atom stereocenters. The summed E-state index contributed by atoms with van der Waals surface area (Å²) in [4.78, 5) is 35.6. The highest BCUT2D eigenvalue weighted by Gasteiger charge is 2.25.